The maximum Gasteiger partial charge on any atom is 0.225 e. The van der Waals surface area contributed by atoms with Gasteiger partial charge in [0.25, 0.3) is 0 Å². The van der Waals surface area contributed by atoms with Crippen LogP contribution in [-0.2, 0) is 11.5 Å². The number of hydrogen-bond acceptors (Lipinski definition) is 5. The summed E-state index contributed by atoms with van der Waals surface area (Å²) in [5.41, 5.74) is 0.885. The number of carbonyl (C=O) groups is 1. The number of rotatable bonds is 5. The molecule has 0 bridgehead atoms. The van der Waals surface area contributed by atoms with E-state index in [4.69, 9.17) is 17.0 Å². The normalized spacial score (nSPS) is 21.0. The minimum atomic E-state index is 0.158. The molecule has 4 rings (SSSR count). The molecule has 162 valence electrons. The van der Waals surface area contributed by atoms with E-state index >= 15 is 0 Å². The summed E-state index contributed by atoms with van der Waals surface area (Å²) in [6.07, 6.45) is 5.94. The summed E-state index contributed by atoms with van der Waals surface area (Å²) in [5, 5.41) is 4.50. The van der Waals surface area contributed by atoms with Crippen LogP contribution >= 0.6 is 12.2 Å². The molecule has 8 heteroatoms. The monoisotopic (exact) mass is 429 g/mol. The van der Waals surface area contributed by atoms with Crippen molar-refractivity contribution in [2.75, 3.05) is 33.3 Å². The Morgan fingerprint density at radius 2 is 1.97 bits per heavy atom. The van der Waals surface area contributed by atoms with Gasteiger partial charge in [-0.05, 0) is 56.0 Å². The lowest BCUT2D eigenvalue weighted by Crippen LogP contribution is -2.46. The Hall–Kier alpha value is -2.19. The lowest BCUT2D eigenvalue weighted by atomic mass is 9.93. The fraction of sp³-hybridized carbons (Fsp3) is 0.591. The molecular formula is C22H31N5O2S. The van der Waals surface area contributed by atoms with Gasteiger partial charge in [0, 0.05) is 32.1 Å². The Balaban J connectivity index is 1.36. The van der Waals surface area contributed by atoms with Gasteiger partial charge in [-0.25, -0.2) is 4.68 Å². The molecular weight excluding hydrogens is 398 g/mol. The van der Waals surface area contributed by atoms with Gasteiger partial charge in [0.15, 0.2) is 0 Å². The van der Waals surface area contributed by atoms with E-state index in [1.165, 1.54) is 6.42 Å². The largest absolute Gasteiger partial charge is 0.495 e. The molecule has 7 nitrogen and oxygen atoms in total. The number of amides is 1. The molecule has 2 saturated heterocycles. The minimum absolute atomic E-state index is 0.158. The third-order valence-corrected chi connectivity index (χ3v) is 6.73. The second-order valence-corrected chi connectivity index (χ2v) is 8.89. The van der Waals surface area contributed by atoms with Crippen LogP contribution in [-0.4, -0.2) is 63.3 Å². The number of nitrogens with zero attached hydrogens (tertiary/aromatic N) is 5. The molecule has 0 aliphatic carbocycles. The number of ether oxygens (including phenoxy) is 1. The van der Waals surface area contributed by atoms with E-state index in [1.54, 1.807) is 13.4 Å². The highest BCUT2D eigenvalue weighted by atomic mass is 32.1. The first-order chi connectivity index (χ1) is 14.6. The Kier molecular flexibility index (Phi) is 6.53. The van der Waals surface area contributed by atoms with E-state index in [-0.39, 0.29) is 5.92 Å². The lowest BCUT2D eigenvalue weighted by Gasteiger charge is -2.37. The standard InChI is InChI=1S/C22H31N5O2S/c1-17-6-5-11-25(14-17)21(28)18-9-12-24(13-10-18)16-27-22(30)26(15-23-27)19-7-3-4-8-20(19)29-2/h3-4,7-8,15,17-18H,5-6,9-14,16H2,1-2H3. The molecule has 2 aliphatic rings. The number of benzene rings is 1. The molecule has 0 radical (unpaired) electrons. The molecule has 3 heterocycles. The zero-order valence-electron chi connectivity index (χ0n) is 17.9. The number of para-hydroxylation sites is 2. The van der Waals surface area contributed by atoms with Crippen LogP contribution in [0.1, 0.15) is 32.6 Å². The van der Waals surface area contributed by atoms with Crippen LogP contribution in [0.15, 0.2) is 30.6 Å². The highest BCUT2D eigenvalue weighted by Gasteiger charge is 2.30. The fourth-order valence-corrected chi connectivity index (χ4v) is 4.84. The Bertz CT molecular complexity index is 932. The predicted molar refractivity (Wildman–Crippen MR) is 118 cm³/mol. The average Bonchev–Trinajstić information content (AvgIpc) is 3.13. The molecule has 1 aromatic carbocycles. The Morgan fingerprint density at radius 1 is 1.20 bits per heavy atom. The van der Waals surface area contributed by atoms with Gasteiger partial charge in [-0.1, -0.05) is 19.1 Å². The van der Waals surface area contributed by atoms with Gasteiger partial charge in [-0.3, -0.25) is 14.3 Å². The van der Waals surface area contributed by atoms with E-state index in [9.17, 15) is 4.79 Å². The quantitative estimate of drug-likeness (QED) is 0.683. The molecule has 1 atom stereocenters. The Morgan fingerprint density at radius 3 is 2.70 bits per heavy atom. The van der Waals surface area contributed by atoms with E-state index in [0.717, 1.165) is 56.9 Å². The summed E-state index contributed by atoms with van der Waals surface area (Å²) in [7, 11) is 1.66. The molecule has 1 amide bonds. The van der Waals surface area contributed by atoms with Crippen molar-refractivity contribution in [2.45, 2.75) is 39.3 Å². The van der Waals surface area contributed by atoms with Crippen molar-refractivity contribution in [3.8, 4) is 11.4 Å². The summed E-state index contributed by atoms with van der Waals surface area (Å²) in [4.78, 5) is 17.3. The number of methoxy groups -OCH3 is 1. The van der Waals surface area contributed by atoms with E-state index < -0.39 is 0 Å². The van der Waals surface area contributed by atoms with Gasteiger partial charge in [0.2, 0.25) is 10.7 Å². The molecule has 1 unspecified atom stereocenters. The highest BCUT2D eigenvalue weighted by molar-refractivity contribution is 7.71. The average molecular weight is 430 g/mol. The molecule has 0 saturated carbocycles. The van der Waals surface area contributed by atoms with Crippen LogP contribution in [0.4, 0.5) is 0 Å². The van der Waals surface area contributed by atoms with E-state index in [2.05, 4.69) is 21.8 Å². The first-order valence-corrected chi connectivity index (χ1v) is 11.3. The minimum Gasteiger partial charge on any atom is -0.495 e. The summed E-state index contributed by atoms with van der Waals surface area (Å²) in [6, 6.07) is 7.78. The van der Waals surface area contributed by atoms with E-state index in [0.29, 0.717) is 23.3 Å². The molecule has 2 aromatic rings. The molecule has 2 fully saturated rings. The lowest BCUT2D eigenvalue weighted by molar-refractivity contribution is -0.139. The topological polar surface area (TPSA) is 55.5 Å². The van der Waals surface area contributed by atoms with Crippen molar-refractivity contribution < 1.29 is 9.53 Å². The van der Waals surface area contributed by atoms with Crippen molar-refractivity contribution in [1.82, 2.24) is 24.1 Å². The maximum absolute atomic E-state index is 12.9. The molecule has 0 spiro atoms. The first kappa shape index (κ1) is 21.1. The zero-order valence-corrected chi connectivity index (χ0v) is 18.7. The van der Waals surface area contributed by atoms with Gasteiger partial charge in [0.05, 0.1) is 19.5 Å². The first-order valence-electron chi connectivity index (χ1n) is 10.9. The van der Waals surface area contributed by atoms with Crippen molar-refractivity contribution in [2.24, 2.45) is 11.8 Å². The van der Waals surface area contributed by atoms with Crippen molar-refractivity contribution >= 4 is 18.1 Å². The van der Waals surface area contributed by atoms with Crippen LogP contribution in [0.2, 0.25) is 0 Å². The fourth-order valence-electron chi connectivity index (χ4n) is 4.59. The number of hydrogen-bond donors (Lipinski definition) is 0. The third kappa shape index (κ3) is 4.44. The second-order valence-electron chi connectivity index (χ2n) is 8.52. The molecule has 2 aliphatic heterocycles. The van der Waals surface area contributed by atoms with Crippen molar-refractivity contribution in [3.63, 3.8) is 0 Å². The van der Waals surface area contributed by atoms with Crippen LogP contribution in [0.3, 0.4) is 0 Å². The van der Waals surface area contributed by atoms with Crippen LogP contribution in [0.5, 0.6) is 5.75 Å². The number of likely N-dealkylation sites (tertiary alicyclic amines) is 2. The molecule has 0 N–H and O–H groups in total. The number of aromatic nitrogens is 3. The SMILES string of the molecule is COc1ccccc1-n1cnn(CN2CCC(C(=O)N3CCCC(C)C3)CC2)c1=S. The van der Waals surface area contributed by atoms with Gasteiger partial charge in [0.1, 0.15) is 12.1 Å². The summed E-state index contributed by atoms with van der Waals surface area (Å²) in [5.74, 6) is 1.91. The van der Waals surface area contributed by atoms with Crippen LogP contribution < -0.4 is 4.74 Å². The third-order valence-electron chi connectivity index (χ3n) is 6.32. The number of carbonyl (C=O) groups excluding carboxylic acids is 1. The van der Waals surface area contributed by atoms with E-state index in [1.807, 2.05) is 33.5 Å². The zero-order chi connectivity index (χ0) is 21.1. The van der Waals surface area contributed by atoms with Gasteiger partial charge >= 0.3 is 0 Å². The second kappa shape index (κ2) is 9.31. The van der Waals surface area contributed by atoms with Gasteiger partial charge in [-0.2, -0.15) is 5.10 Å². The summed E-state index contributed by atoms with van der Waals surface area (Å²) >= 11 is 5.66. The highest BCUT2D eigenvalue weighted by Crippen LogP contribution is 2.25. The Labute approximate surface area is 183 Å². The van der Waals surface area contributed by atoms with Crippen LogP contribution in [0, 0.1) is 16.6 Å². The summed E-state index contributed by atoms with van der Waals surface area (Å²) in [6.45, 7) is 6.53. The summed E-state index contributed by atoms with van der Waals surface area (Å²) < 4.78 is 9.81. The predicted octanol–water partition coefficient (Wildman–Crippen LogP) is 3.34. The van der Waals surface area contributed by atoms with Gasteiger partial charge in [-0.15, -0.1) is 0 Å². The van der Waals surface area contributed by atoms with Crippen molar-refractivity contribution in [1.29, 1.82) is 0 Å². The molecule has 1 aromatic heterocycles. The van der Waals surface area contributed by atoms with Crippen LogP contribution in [0.25, 0.3) is 5.69 Å². The van der Waals surface area contributed by atoms with Gasteiger partial charge < -0.3 is 9.64 Å². The maximum atomic E-state index is 12.9. The smallest absolute Gasteiger partial charge is 0.225 e. The molecule has 30 heavy (non-hydrogen) atoms. The van der Waals surface area contributed by atoms with Crippen molar-refractivity contribution in [3.05, 3.63) is 35.4 Å². The number of piperidine rings is 2.